The molecule has 0 aliphatic carbocycles. The van der Waals surface area contributed by atoms with Crippen molar-refractivity contribution in [2.45, 2.75) is 26.5 Å². The summed E-state index contributed by atoms with van der Waals surface area (Å²) >= 11 is 9.53. The number of benzene rings is 2. The first kappa shape index (κ1) is 24.1. The summed E-state index contributed by atoms with van der Waals surface area (Å²) in [5, 5.41) is 4.76. The molecular weight excluding hydrogens is 483 g/mol. The van der Waals surface area contributed by atoms with Gasteiger partial charge in [0.05, 0.1) is 6.54 Å². The molecule has 0 bridgehead atoms. The van der Waals surface area contributed by atoms with Crippen LogP contribution in [-0.2, 0) is 30.7 Å². The highest BCUT2D eigenvalue weighted by Crippen LogP contribution is 2.22. The van der Waals surface area contributed by atoms with Crippen LogP contribution in [0.15, 0.2) is 46.9 Å². The Morgan fingerprint density at radius 3 is 2.67 bits per heavy atom. The van der Waals surface area contributed by atoms with Gasteiger partial charge in [-0.05, 0) is 52.7 Å². The molecule has 0 saturated carbocycles. The second-order valence-corrected chi connectivity index (χ2v) is 7.50. The first-order valence-corrected chi connectivity index (χ1v) is 10.2. The van der Waals surface area contributed by atoms with Gasteiger partial charge in [0.25, 0.3) is 0 Å². The maximum absolute atomic E-state index is 13.3. The minimum atomic E-state index is -1.13. The Labute approximate surface area is 187 Å². The lowest BCUT2D eigenvalue weighted by Crippen LogP contribution is -2.33. The Balaban J connectivity index is 2.00. The largest absolute Gasteiger partial charge is 0.451 e. The molecule has 2 aromatic rings. The number of carbonyl (C=O) groups is 2. The lowest BCUT2D eigenvalue weighted by Gasteiger charge is -2.21. The summed E-state index contributed by atoms with van der Waals surface area (Å²) in [5.74, 6) is -1.96. The van der Waals surface area contributed by atoms with Crippen LogP contribution in [0, 0.1) is 5.82 Å². The number of hydrogen-bond donors (Lipinski definition) is 1. The van der Waals surface area contributed by atoms with E-state index in [-0.39, 0.29) is 18.1 Å². The van der Waals surface area contributed by atoms with E-state index >= 15 is 0 Å². The average molecular weight is 504 g/mol. The molecule has 2 aromatic carbocycles. The summed E-state index contributed by atoms with van der Waals surface area (Å²) < 4.78 is 18.9. The van der Waals surface area contributed by atoms with Gasteiger partial charge in [-0.15, -0.1) is 5.06 Å². The Morgan fingerprint density at radius 2 is 2.00 bits per heavy atom. The van der Waals surface area contributed by atoms with Crippen LogP contribution in [0.3, 0.4) is 0 Å². The molecule has 1 atom stereocenters. The van der Waals surface area contributed by atoms with Gasteiger partial charge in [-0.25, -0.2) is 9.18 Å². The van der Waals surface area contributed by atoms with Crippen LogP contribution in [0.4, 0.5) is 10.1 Å². The first-order valence-electron chi connectivity index (χ1n) is 8.99. The highest BCUT2D eigenvalue weighted by molar-refractivity contribution is 9.10. The zero-order chi connectivity index (χ0) is 22.1. The lowest BCUT2D eigenvalue weighted by molar-refractivity contribution is -0.403. The number of nitrogens with one attached hydrogen (secondary N) is 1. The van der Waals surface area contributed by atoms with Crippen LogP contribution in [0.5, 0.6) is 0 Å². The Morgan fingerprint density at radius 1 is 1.27 bits per heavy atom. The molecule has 10 heteroatoms. The second-order valence-electron chi connectivity index (χ2n) is 6.23. The number of esters is 1. The fourth-order valence-electron chi connectivity index (χ4n) is 2.36. The number of halogens is 3. The van der Waals surface area contributed by atoms with E-state index in [1.165, 1.54) is 37.1 Å². The first-order chi connectivity index (χ1) is 14.3. The van der Waals surface area contributed by atoms with Crippen LogP contribution in [-0.4, -0.2) is 36.2 Å². The fourth-order valence-corrected chi connectivity index (χ4v) is 3.01. The minimum absolute atomic E-state index is 0.117. The van der Waals surface area contributed by atoms with E-state index in [9.17, 15) is 14.0 Å². The van der Waals surface area contributed by atoms with Crippen molar-refractivity contribution in [1.29, 1.82) is 0 Å². The van der Waals surface area contributed by atoms with Crippen LogP contribution in [0.1, 0.15) is 19.4 Å². The molecule has 0 aliphatic heterocycles. The molecule has 7 nitrogen and oxygen atoms in total. The lowest BCUT2D eigenvalue weighted by atomic mass is 10.2. The third-order valence-corrected chi connectivity index (χ3v) is 4.86. The van der Waals surface area contributed by atoms with Crippen molar-refractivity contribution in [3.63, 3.8) is 0 Å². The topological polar surface area (TPSA) is 77.1 Å². The van der Waals surface area contributed by atoms with Crippen molar-refractivity contribution >= 4 is 45.2 Å². The van der Waals surface area contributed by atoms with Crippen molar-refractivity contribution in [3.8, 4) is 0 Å². The van der Waals surface area contributed by atoms with E-state index in [1.807, 2.05) is 24.3 Å². The summed E-state index contributed by atoms with van der Waals surface area (Å²) in [5.41, 5.74) is 1.45. The number of anilines is 1. The van der Waals surface area contributed by atoms with Crippen LogP contribution >= 0.6 is 27.5 Å². The number of nitrogens with zero attached hydrogens (tertiary/aromatic N) is 1. The van der Waals surface area contributed by atoms with Crippen molar-refractivity contribution in [2.75, 3.05) is 18.4 Å². The number of carbonyl (C=O) groups excluding carboxylic acids is 2. The van der Waals surface area contributed by atoms with Crippen molar-refractivity contribution in [3.05, 3.63) is 63.3 Å². The van der Waals surface area contributed by atoms with E-state index < -0.39 is 23.9 Å². The standard InChI is InChI=1S/C20H21BrClFN2O5/c1-13(28-14(2)26)20(27)29-30-25(12-15-7-8-16(23)11-18(15)22)10-9-24-19-6-4-3-5-17(19)21/h3-8,11,13,24H,9-10,12H2,1-2H3. The molecule has 30 heavy (non-hydrogen) atoms. The highest BCUT2D eigenvalue weighted by atomic mass is 79.9. The van der Waals surface area contributed by atoms with Gasteiger partial charge >= 0.3 is 11.9 Å². The van der Waals surface area contributed by atoms with E-state index in [1.54, 1.807) is 0 Å². The molecule has 0 aliphatic rings. The van der Waals surface area contributed by atoms with E-state index in [4.69, 9.17) is 26.2 Å². The Kier molecular flexibility index (Phi) is 9.51. The maximum Gasteiger partial charge on any atom is 0.384 e. The van der Waals surface area contributed by atoms with E-state index in [0.29, 0.717) is 12.1 Å². The number of hydroxylamine groups is 2. The van der Waals surface area contributed by atoms with Gasteiger partial charge in [-0.2, -0.15) is 0 Å². The van der Waals surface area contributed by atoms with Crippen LogP contribution in [0.25, 0.3) is 0 Å². The van der Waals surface area contributed by atoms with Crippen molar-refractivity contribution in [1.82, 2.24) is 5.06 Å². The molecule has 1 N–H and O–H groups in total. The normalized spacial score (nSPS) is 11.8. The van der Waals surface area contributed by atoms with Crippen molar-refractivity contribution in [2.24, 2.45) is 0 Å². The number of ether oxygens (including phenoxy) is 1. The second kappa shape index (κ2) is 11.8. The monoisotopic (exact) mass is 502 g/mol. The molecule has 0 heterocycles. The quantitative estimate of drug-likeness (QED) is 0.291. The Bertz CT molecular complexity index is 886. The molecule has 1 unspecified atom stereocenters. The summed E-state index contributed by atoms with van der Waals surface area (Å²) in [7, 11) is 0. The predicted octanol–water partition coefficient (Wildman–Crippen LogP) is 4.50. The average Bonchev–Trinajstić information content (AvgIpc) is 2.68. The van der Waals surface area contributed by atoms with Gasteiger partial charge in [0.15, 0.2) is 6.10 Å². The van der Waals surface area contributed by atoms with E-state index in [0.717, 1.165) is 10.2 Å². The fraction of sp³-hybridized carbons (Fsp3) is 0.300. The molecule has 0 fully saturated rings. The SMILES string of the molecule is CC(=O)OC(C)C(=O)OON(CCNc1ccccc1Br)Cc1ccc(F)cc1Cl. The predicted molar refractivity (Wildman–Crippen MR) is 113 cm³/mol. The smallest absolute Gasteiger partial charge is 0.384 e. The van der Waals surface area contributed by atoms with E-state index in [2.05, 4.69) is 21.2 Å². The van der Waals surface area contributed by atoms with Gasteiger partial charge in [0.2, 0.25) is 0 Å². The molecule has 0 saturated heterocycles. The highest BCUT2D eigenvalue weighted by Gasteiger charge is 2.21. The zero-order valence-electron chi connectivity index (χ0n) is 16.4. The maximum atomic E-state index is 13.3. The third kappa shape index (κ3) is 7.91. The van der Waals surface area contributed by atoms with Gasteiger partial charge < -0.3 is 10.1 Å². The molecule has 0 radical (unpaired) electrons. The van der Waals surface area contributed by atoms with Crippen LogP contribution < -0.4 is 5.32 Å². The molecule has 0 amide bonds. The van der Waals surface area contributed by atoms with Gasteiger partial charge in [-0.3, -0.25) is 9.68 Å². The third-order valence-electron chi connectivity index (χ3n) is 3.81. The summed E-state index contributed by atoms with van der Waals surface area (Å²) in [6, 6.07) is 11.5. The molecule has 0 aromatic heterocycles. The summed E-state index contributed by atoms with van der Waals surface area (Å²) in [6.45, 7) is 3.37. The number of rotatable bonds is 10. The van der Waals surface area contributed by atoms with Gasteiger partial charge in [0, 0.05) is 35.2 Å². The van der Waals surface area contributed by atoms with Gasteiger partial charge in [0.1, 0.15) is 5.82 Å². The molecular formula is C20H21BrClFN2O5. The zero-order valence-corrected chi connectivity index (χ0v) is 18.7. The van der Waals surface area contributed by atoms with Gasteiger partial charge in [-0.1, -0.05) is 34.8 Å². The van der Waals surface area contributed by atoms with Crippen LogP contribution in [0.2, 0.25) is 5.02 Å². The number of para-hydroxylation sites is 1. The molecule has 0 spiro atoms. The minimum Gasteiger partial charge on any atom is -0.451 e. The Hall–Kier alpha value is -2.20. The van der Waals surface area contributed by atoms with Crippen molar-refractivity contribution < 1.29 is 28.6 Å². The molecule has 2 rings (SSSR count). The number of hydrogen-bond acceptors (Lipinski definition) is 7. The summed E-state index contributed by atoms with van der Waals surface area (Å²) in [6.07, 6.45) is -1.13. The molecule has 162 valence electrons. The summed E-state index contributed by atoms with van der Waals surface area (Å²) in [4.78, 5) is 32.8.